The summed E-state index contributed by atoms with van der Waals surface area (Å²) in [5.74, 6) is 5.92. The van der Waals surface area contributed by atoms with Gasteiger partial charge in [-0.1, -0.05) is 54.2 Å². The summed E-state index contributed by atoms with van der Waals surface area (Å²) in [5, 5.41) is 8.97. The van der Waals surface area contributed by atoms with Crippen LogP contribution in [0.3, 0.4) is 0 Å². The third kappa shape index (κ3) is 15.3. The van der Waals surface area contributed by atoms with Crippen molar-refractivity contribution in [2.75, 3.05) is 39.5 Å². The molecule has 34 heavy (non-hydrogen) atoms. The van der Waals surface area contributed by atoms with Gasteiger partial charge in [0.05, 0.1) is 19.8 Å². The standard InChI is InChI=1S/C25H39N3O4S2/c1-6-20(4)26-14-15-28-25(30)22-9-11-23(12-10-22)34-33-21(5)32-17-16-31-18-24(29)27-13-7-8-19(2)3/h9-12,19-21,26H,6,13-18H2,1-5H3,(H,27,29)(H,28,30). The van der Waals surface area contributed by atoms with Crippen LogP contribution in [0.1, 0.15) is 51.4 Å². The van der Waals surface area contributed by atoms with Gasteiger partial charge >= 0.3 is 0 Å². The molecule has 2 amide bonds. The van der Waals surface area contributed by atoms with Crippen LogP contribution in [0.4, 0.5) is 0 Å². The van der Waals surface area contributed by atoms with Crippen molar-refractivity contribution in [3.05, 3.63) is 29.8 Å². The maximum Gasteiger partial charge on any atom is 0.251 e. The Kier molecular flexibility index (Phi) is 16.6. The predicted molar refractivity (Wildman–Crippen MR) is 142 cm³/mol. The van der Waals surface area contributed by atoms with Crippen molar-refractivity contribution >= 4 is 33.4 Å². The first-order valence-electron chi connectivity index (χ1n) is 11.7. The average molecular weight is 510 g/mol. The van der Waals surface area contributed by atoms with E-state index in [9.17, 15) is 9.59 Å². The van der Waals surface area contributed by atoms with Crippen molar-refractivity contribution in [3.8, 4) is 11.8 Å². The van der Waals surface area contributed by atoms with Gasteiger partial charge in [-0.05, 0) is 44.5 Å². The summed E-state index contributed by atoms with van der Waals surface area (Å²) in [6.45, 7) is 12.7. The van der Waals surface area contributed by atoms with Gasteiger partial charge < -0.3 is 25.4 Å². The third-order valence-corrected chi connectivity index (χ3v) is 7.14. The lowest BCUT2D eigenvalue weighted by Crippen LogP contribution is -2.35. The van der Waals surface area contributed by atoms with Gasteiger partial charge in [-0.25, -0.2) is 0 Å². The van der Waals surface area contributed by atoms with Crippen LogP contribution in [0, 0.1) is 17.8 Å². The molecule has 0 aliphatic heterocycles. The molecule has 0 spiro atoms. The second kappa shape index (κ2) is 18.6. The summed E-state index contributed by atoms with van der Waals surface area (Å²) in [5.41, 5.74) is 0.602. The fraction of sp³-hybridized carbons (Fsp3) is 0.600. The topological polar surface area (TPSA) is 88.7 Å². The number of benzene rings is 1. The van der Waals surface area contributed by atoms with Crippen molar-refractivity contribution in [2.45, 2.75) is 57.4 Å². The van der Waals surface area contributed by atoms with E-state index in [1.165, 1.54) is 0 Å². The van der Waals surface area contributed by atoms with E-state index in [1.54, 1.807) is 21.6 Å². The molecule has 7 nitrogen and oxygen atoms in total. The number of amides is 2. The second-order valence-electron chi connectivity index (χ2n) is 7.97. The monoisotopic (exact) mass is 509 g/mol. The van der Waals surface area contributed by atoms with Gasteiger partial charge in [-0.3, -0.25) is 9.59 Å². The number of hydrogen-bond donors (Lipinski definition) is 3. The highest BCUT2D eigenvalue weighted by Crippen LogP contribution is 2.34. The molecule has 0 aliphatic carbocycles. The Balaban J connectivity index is 2.15. The molecule has 0 radical (unpaired) electrons. The predicted octanol–water partition coefficient (Wildman–Crippen LogP) is 3.70. The summed E-state index contributed by atoms with van der Waals surface area (Å²) in [6, 6.07) is 7.99. The first kappa shape index (κ1) is 30.3. The van der Waals surface area contributed by atoms with E-state index in [4.69, 9.17) is 9.47 Å². The lowest BCUT2D eigenvalue weighted by Gasteiger charge is -2.13. The maximum atomic E-state index is 12.2. The molecule has 190 valence electrons. The van der Waals surface area contributed by atoms with Crippen molar-refractivity contribution in [1.82, 2.24) is 16.0 Å². The number of carbonyl (C=O) groups excluding carboxylic acids is 2. The van der Waals surface area contributed by atoms with Crippen molar-refractivity contribution in [2.24, 2.45) is 5.92 Å². The molecule has 0 aromatic heterocycles. The van der Waals surface area contributed by atoms with Crippen LogP contribution in [0.2, 0.25) is 0 Å². The Hall–Kier alpha value is -1.70. The van der Waals surface area contributed by atoms with E-state index in [0.717, 1.165) is 17.9 Å². The van der Waals surface area contributed by atoms with Gasteiger partial charge in [0.1, 0.15) is 12.0 Å². The van der Waals surface area contributed by atoms with Gasteiger partial charge in [0, 0.05) is 35.5 Å². The van der Waals surface area contributed by atoms with E-state index in [-0.39, 0.29) is 23.9 Å². The molecule has 0 aliphatic rings. The highest BCUT2D eigenvalue weighted by molar-refractivity contribution is 8.76. The zero-order valence-corrected chi connectivity index (χ0v) is 22.6. The Morgan fingerprint density at radius 2 is 1.76 bits per heavy atom. The molecule has 1 aromatic carbocycles. The molecule has 1 rings (SSSR count). The number of carbonyl (C=O) groups is 2. The fourth-order valence-corrected chi connectivity index (χ4v) is 4.33. The summed E-state index contributed by atoms with van der Waals surface area (Å²) < 4.78 is 11.0. The van der Waals surface area contributed by atoms with Gasteiger partial charge in [0.15, 0.2) is 0 Å². The minimum absolute atomic E-state index is 0.00269. The molecular formula is C25H39N3O4S2. The van der Waals surface area contributed by atoms with Crippen LogP contribution in [-0.2, 0) is 14.3 Å². The Morgan fingerprint density at radius 1 is 1.03 bits per heavy atom. The van der Waals surface area contributed by atoms with Gasteiger partial charge in [-0.15, -0.1) is 0 Å². The largest absolute Gasteiger partial charge is 0.369 e. The Morgan fingerprint density at radius 3 is 2.44 bits per heavy atom. The molecule has 0 bridgehead atoms. The van der Waals surface area contributed by atoms with Crippen LogP contribution < -0.4 is 16.0 Å². The van der Waals surface area contributed by atoms with Crippen LogP contribution in [0.5, 0.6) is 0 Å². The molecule has 0 saturated heterocycles. The lowest BCUT2D eigenvalue weighted by atomic mass is 10.2. The van der Waals surface area contributed by atoms with E-state index in [0.29, 0.717) is 43.8 Å². The van der Waals surface area contributed by atoms with Crippen LogP contribution in [-0.4, -0.2) is 62.7 Å². The van der Waals surface area contributed by atoms with Crippen LogP contribution in [0.25, 0.3) is 0 Å². The van der Waals surface area contributed by atoms with Crippen LogP contribution in [0.15, 0.2) is 29.2 Å². The second-order valence-corrected chi connectivity index (χ2v) is 10.5. The van der Waals surface area contributed by atoms with Crippen molar-refractivity contribution < 1.29 is 19.1 Å². The Bertz CT molecular complexity index is 779. The summed E-state index contributed by atoms with van der Waals surface area (Å²) in [4.78, 5) is 24.9. The molecule has 1 aromatic rings. The SMILES string of the molecule is CCC(C)NCCNC(=O)c1ccc(SSC(C)OCCOCC(=O)NCC#CC(C)C)cc1. The minimum atomic E-state index is -0.184. The smallest absolute Gasteiger partial charge is 0.251 e. The Labute approximate surface area is 212 Å². The minimum Gasteiger partial charge on any atom is -0.369 e. The normalized spacial score (nSPS) is 12.5. The molecule has 2 atom stereocenters. The van der Waals surface area contributed by atoms with E-state index < -0.39 is 0 Å². The molecular weight excluding hydrogens is 470 g/mol. The molecule has 3 N–H and O–H groups in total. The summed E-state index contributed by atoms with van der Waals surface area (Å²) >= 11 is 0. The molecule has 9 heteroatoms. The quantitative estimate of drug-likeness (QED) is 0.136. The number of nitrogens with one attached hydrogen (secondary N) is 3. The first-order chi connectivity index (χ1) is 16.3. The number of hydrogen-bond acceptors (Lipinski definition) is 7. The van der Waals surface area contributed by atoms with Crippen molar-refractivity contribution in [1.29, 1.82) is 0 Å². The van der Waals surface area contributed by atoms with Gasteiger partial charge in [0.2, 0.25) is 5.91 Å². The highest BCUT2D eigenvalue weighted by Gasteiger charge is 2.08. The maximum absolute atomic E-state index is 12.2. The summed E-state index contributed by atoms with van der Waals surface area (Å²) in [6.07, 6.45) is 1.07. The molecule has 0 saturated carbocycles. The first-order valence-corrected chi connectivity index (χ1v) is 13.9. The number of ether oxygens (including phenoxy) is 2. The van der Waals surface area contributed by atoms with Gasteiger partial charge in [-0.2, -0.15) is 0 Å². The van der Waals surface area contributed by atoms with E-state index in [1.807, 2.05) is 45.0 Å². The highest BCUT2D eigenvalue weighted by atomic mass is 33.1. The van der Waals surface area contributed by atoms with Crippen LogP contribution >= 0.6 is 21.6 Å². The summed E-state index contributed by atoms with van der Waals surface area (Å²) in [7, 11) is 3.17. The van der Waals surface area contributed by atoms with E-state index >= 15 is 0 Å². The lowest BCUT2D eigenvalue weighted by molar-refractivity contribution is -0.126. The molecule has 2 unspecified atom stereocenters. The molecule has 0 heterocycles. The third-order valence-electron chi connectivity index (χ3n) is 4.49. The number of rotatable bonds is 16. The van der Waals surface area contributed by atoms with E-state index in [2.05, 4.69) is 41.6 Å². The van der Waals surface area contributed by atoms with Gasteiger partial charge in [0.25, 0.3) is 5.91 Å². The fourth-order valence-electron chi connectivity index (χ4n) is 2.44. The zero-order chi connectivity index (χ0) is 25.2. The average Bonchev–Trinajstić information content (AvgIpc) is 2.82. The molecule has 0 fully saturated rings. The van der Waals surface area contributed by atoms with Crippen molar-refractivity contribution in [3.63, 3.8) is 0 Å². The zero-order valence-electron chi connectivity index (χ0n) is 20.9.